The monoisotopic (exact) mass is 449 g/mol. The highest BCUT2D eigenvalue weighted by atomic mass is 16.5. The van der Waals surface area contributed by atoms with Gasteiger partial charge in [0.1, 0.15) is 5.75 Å². The maximum atomic E-state index is 12.8. The van der Waals surface area contributed by atoms with Crippen molar-refractivity contribution in [3.05, 3.63) is 54.2 Å². The summed E-state index contributed by atoms with van der Waals surface area (Å²) in [5.74, 6) is 0.672. The van der Waals surface area contributed by atoms with E-state index >= 15 is 0 Å². The minimum absolute atomic E-state index is 0.0649. The van der Waals surface area contributed by atoms with Crippen molar-refractivity contribution in [2.75, 3.05) is 61.5 Å². The van der Waals surface area contributed by atoms with E-state index in [2.05, 4.69) is 42.8 Å². The molecule has 0 radical (unpaired) electrons. The Morgan fingerprint density at radius 2 is 2.06 bits per heavy atom. The molecule has 2 N–H and O–H groups in total. The first kappa shape index (κ1) is 21.2. The highest BCUT2D eigenvalue weighted by Crippen LogP contribution is 2.32. The molecule has 10 heteroatoms. The van der Waals surface area contributed by atoms with E-state index in [-0.39, 0.29) is 5.89 Å². The van der Waals surface area contributed by atoms with E-state index in [4.69, 9.17) is 9.15 Å². The Labute approximate surface area is 191 Å². The van der Waals surface area contributed by atoms with Crippen molar-refractivity contribution in [1.82, 2.24) is 20.5 Å². The van der Waals surface area contributed by atoms with Crippen molar-refractivity contribution in [2.24, 2.45) is 0 Å². The summed E-state index contributed by atoms with van der Waals surface area (Å²) in [6, 6.07) is 10.4. The van der Waals surface area contributed by atoms with Gasteiger partial charge in [0.05, 0.1) is 24.7 Å². The smallest absolute Gasteiger partial charge is 0.318 e. The van der Waals surface area contributed by atoms with Crippen molar-refractivity contribution >= 4 is 23.3 Å². The second-order valence-corrected chi connectivity index (χ2v) is 8.18. The van der Waals surface area contributed by atoms with Gasteiger partial charge in [0.2, 0.25) is 0 Å². The molecule has 2 fully saturated rings. The van der Waals surface area contributed by atoms with Gasteiger partial charge in [-0.2, -0.15) is 0 Å². The van der Waals surface area contributed by atoms with Gasteiger partial charge in [-0.05, 0) is 30.2 Å². The van der Waals surface area contributed by atoms with E-state index in [0.29, 0.717) is 17.6 Å². The van der Waals surface area contributed by atoms with Crippen LogP contribution < -0.4 is 25.2 Å². The summed E-state index contributed by atoms with van der Waals surface area (Å²) < 4.78 is 11.1. The second kappa shape index (κ2) is 9.45. The normalized spacial score (nSPS) is 18.4. The first-order valence-corrected chi connectivity index (χ1v) is 11.1. The fourth-order valence-corrected chi connectivity index (χ4v) is 4.38. The zero-order valence-corrected chi connectivity index (χ0v) is 18.5. The van der Waals surface area contributed by atoms with Crippen LogP contribution in [0.3, 0.4) is 0 Å². The Hall–Kier alpha value is -3.66. The van der Waals surface area contributed by atoms with Crippen molar-refractivity contribution in [1.29, 1.82) is 0 Å². The van der Waals surface area contributed by atoms with E-state index in [0.717, 1.165) is 57.1 Å². The number of nitrogens with one attached hydrogen (secondary N) is 2. The van der Waals surface area contributed by atoms with Crippen LogP contribution in [-0.4, -0.2) is 67.5 Å². The lowest BCUT2D eigenvalue weighted by Gasteiger charge is -2.30. The molecule has 2 saturated heterocycles. The summed E-state index contributed by atoms with van der Waals surface area (Å²) in [4.78, 5) is 21.2. The number of methoxy groups -OCH3 is 1. The van der Waals surface area contributed by atoms with Crippen molar-refractivity contribution in [3.8, 4) is 5.75 Å². The van der Waals surface area contributed by atoms with Crippen LogP contribution in [0.4, 0.5) is 17.4 Å². The zero-order valence-electron chi connectivity index (χ0n) is 18.5. The van der Waals surface area contributed by atoms with Gasteiger partial charge in [-0.25, -0.2) is 0 Å². The molecule has 0 aliphatic carbocycles. The molecule has 1 unspecified atom stereocenters. The lowest BCUT2D eigenvalue weighted by Crippen LogP contribution is -2.43. The topological polar surface area (TPSA) is 109 Å². The van der Waals surface area contributed by atoms with E-state index < -0.39 is 5.91 Å². The average molecular weight is 450 g/mol. The van der Waals surface area contributed by atoms with Gasteiger partial charge in [-0.3, -0.25) is 9.78 Å². The number of aromatic nitrogens is 3. The molecule has 2 aliphatic heterocycles. The van der Waals surface area contributed by atoms with Gasteiger partial charge in [0, 0.05) is 51.4 Å². The average Bonchev–Trinajstić information content (AvgIpc) is 3.55. The third-order valence-corrected chi connectivity index (χ3v) is 6.14. The van der Waals surface area contributed by atoms with E-state index in [1.807, 2.05) is 23.1 Å². The minimum atomic E-state index is -0.443. The molecule has 1 atom stereocenters. The Bertz CT molecular complexity index is 1110. The molecular formula is C23H27N7O3. The molecule has 0 spiro atoms. The van der Waals surface area contributed by atoms with Crippen LogP contribution in [0.1, 0.15) is 28.6 Å². The van der Waals surface area contributed by atoms with Crippen LogP contribution in [0.5, 0.6) is 5.75 Å². The number of hydrogen-bond acceptors (Lipinski definition) is 9. The number of rotatable bonds is 6. The van der Waals surface area contributed by atoms with Crippen LogP contribution in [-0.2, 0) is 0 Å². The third kappa shape index (κ3) is 4.61. The maximum absolute atomic E-state index is 12.8. The summed E-state index contributed by atoms with van der Waals surface area (Å²) in [6.45, 7) is 5.04. The van der Waals surface area contributed by atoms with Gasteiger partial charge in [0.25, 0.3) is 0 Å². The summed E-state index contributed by atoms with van der Waals surface area (Å²) in [5.41, 5.74) is 2.77. The Kier molecular flexibility index (Phi) is 6.07. The number of pyridine rings is 1. The van der Waals surface area contributed by atoms with Crippen molar-refractivity contribution in [3.63, 3.8) is 0 Å². The number of amides is 1. The summed E-state index contributed by atoms with van der Waals surface area (Å²) >= 11 is 0. The van der Waals surface area contributed by atoms with Gasteiger partial charge in [0.15, 0.2) is 0 Å². The molecule has 2 aliphatic rings. The van der Waals surface area contributed by atoms with Crippen LogP contribution >= 0.6 is 0 Å². The lowest BCUT2D eigenvalue weighted by molar-refractivity contribution is 0.0990. The van der Waals surface area contributed by atoms with Crippen LogP contribution in [0.25, 0.3) is 0 Å². The summed E-state index contributed by atoms with van der Waals surface area (Å²) in [5, 5.41) is 14.3. The Morgan fingerprint density at radius 3 is 2.91 bits per heavy atom. The zero-order chi connectivity index (χ0) is 22.6. The summed E-state index contributed by atoms with van der Waals surface area (Å²) in [7, 11) is 1.67. The van der Waals surface area contributed by atoms with E-state index in [9.17, 15) is 4.79 Å². The number of benzene rings is 1. The fourth-order valence-electron chi connectivity index (χ4n) is 4.38. The molecule has 2 aromatic heterocycles. The van der Waals surface area contributed by atoms with Gasteiger partial charge in [-0.1, -0.05) is 17.2 Å². The number of piperazine rings is 1. The van der Waals surface area contributed by atoms with Gasteiger partial charge >= 0.3 is 17.8 Å². The third-order valence-electron chi connectivity index (χ3n) is 6.14. The Morgan fingerprint density at radius 1 is 1.18 bits per heavy atom. The van der Waals surface area contributed by atoms with Gasteiger partial charge in [-0.15, -0.1) is 5.10 Å². The molecule has 5 rings (SSSR count). The number of carbonyl (C=O) groups excluding carboxylic acids is 1. The molecule has 0 bridgehead atoms. The highest BCUT2D eigenvalue weighted by molar-refractivity contribution is 6.02. The Balaban J connectivity index is 1.25. The van der Waals surface area contributed by atoms with Crippen molar-refractivity contribution < 1.29 is 13.9 Å². The molecule has 4 heterocycles. The molecule has 3 aromatic rings. The molecule has 33 heavy (non-hydrogen) atoms. The first-order valence-electron chi connectivity index (χ1n) is 11.1. The fraction of sp³-hybridized carbons (Fsp3) is 0.391. The second-order valence-electron chi connectivity index (χ2n) is 8.18. The minimum Gasteiger partial charge on any atom is -0.497 e. The van der Waals surface area contributed by atoms with Crippen LogP contribution in [0.2, 0.25) is 0 Å². The number of hydrogen-bond donors (Lipinski definition) is 2. The number of ether oxygens (including phenoxy) is 1. The SMILES string of the molecule is COc1cccc(C2CCN(c3nnc(C(=O)Nc4cnccc4N4CCNCC4)o3)C2)c1. The molecule has 0 saturated carbocycles. The molecule has 1 amide bonds. The number of carbonyl (C=O) groups is 1. The predicted octanol–water partition coefficient (Wildman–Crippen LogP) is 2.13. The number of anilines is 3. The van der Waals surface area contributed by atoms with Crippen LogP contribution in [0.15, 0.2) is 47.1 Å². The van der Waals surface area contributed by atoms with E-state index in [1.165, 1.54) is 5.56 Å². The largest absolute Gasteiger partial charge is 0.497 e. The maximum Gasteiger partial charge on any atom is 0.318 e. The summed E-state index contributed by atoms with van der Waals surface area (Å²) in [6.07, 6.45) is 4.33. The first-order chi connectivity index (χ1) is 16.2. The predicted molar refractivity (Wildman–Crippen MR) is 124 cm³/mol. The molecule has 1 aromatic carbocycles. The van der Waals surface area contributed by atoms with Crippen LogP contribution in [0, 0.1) is 0 Å². The number of nitrogens with zero attached hydrogens (tertiary/aromatic N) is 5. The molecule has 10 nitrogen and oxygen atoms in total. The van der Waals surface area contributed by atoms with Crippen molar-refractivity contribution in [2.45, 2.75) is 12.3 Å². The molecular weight excluding hydrogens is 422 g/mol. The standard InChI is InChI=1S/C23H27N7O3/c1-32-18-4-2-3-16(13-18)17-6-10-30(15-17)23-28-27-22(33-23)21(31)26-19-14-25-7-5-20(19)29-11-8-24-9-12-29/h2-5,7,13-14,17,24H,6,8-12,15H2,1H3,(H,26,31). The molecule has 172 valence electrons. The highest BCUT2D eigenvalue weighted by Gasteiger charge is 2.29. The quantitative estimate of drug-likeness (QED) is 0.585. The van der Waals surface area contributed by atoms with E-state index in [1.54, 1.807) is 19.5 Å². The lowest BCUT2D eigenvalue weighted by atomic mass is 9.98. The van der Waals surface area contributed by atoms with Gasteiger partial charge < -0.3 is 29.6 Å².